The van der Waals surface area contributed by atoms with Crippen LogP contribution in [0, 0.1) is 12.8 Å². The first-order valence-corrected chi connectivity index (χ1v) is 11.9. The van der Waals surface area contributed by atoms with Crippen molar-refractivity contribution in [3.8, 4) is 0 Å². The number of sulfonamides is 1. The minimum Gasteiger partial charge on any atom is -0.451 e. The summed E-state index contributed by atoms with van der Waals surface area (Å²) in [5.41, 5.74) is 6.16. The number of hydrogen-bond acceptors (Lipinski definition) is 5. The number of fused-ring (bicyclic) bond motifs is 1. The predicted octanol–water partition coefficient (Wildman–Crippen LogP) is 3.24. The van der Waals surface area contributed by atoms with Gasteiger partial charge >= 0.3 is 5.91 Å². The normalized spacial score (nSPS) is 15.6. The summed E-state index contributed by atoms with van der Waals surface area (Å²) < 4.78 is 32.7. The highest BCUT2D eigenvalue weighted by Crippen LogP contribution is 2.25. The van der Waals surface area contributed by atoms with Crippen LogP contribution < -0.4 is 10.9 Å². The smallest absolute Gasteiger partial charge is 0.305 e. The van der Waals surface area contributed by atoms with Crippen molar-refractivity contribution in [1.82, 2.24) is 15.2 Å². The molecule has 1 aliphatic rings. The van der Waals surface area contributed by atoms with Gasteiger partial charge in [-0.3, -0.25) is 20.4 Å². The first-order valence-electron chi connectivity index (χ1n) is 10.5. The molecule has 2 aromatic carbocycles. The van der Waals surface area contributed by atoms with Crippen molar-refractivity contribution in [3.63, 3.8) is 0 Å². The molecule has 2 N–H and O–H groups in total. The molecule has 8 nitrogen and oxygen atoms in total. The summed E-state index contributed by atoms with van der Waals surface area (Å²) in [4.78, 5) is 25.0. The van der Waals surface area contributed by atoms with Crippen LogP contribution in [0.3, 0.4) is 0 Å². The molecule has 3 aromatic rings. The fraction of sp³-hybridized carbons (Fsp3) is 0.304. The highest BCUT2D eigenvalue weighted by molar-refractivity contribution is 7.89. The van der Waals surface area contributed by atoms with E-state index in [4.69, 9.17) is 4.42 Å². The Balaban J connectivity index is 1.40. The average molecular weight is 456 g/mol. The van der Waals surface area contributed by atoms with Crippen molar-refractivity contribution in [2.45, 2.75) is 31.6 Å². The minimum atomic E-state index is -3.59. The third kappa shape index (κ3) is 4.26. The first-order chi connectivity index (χ1) is 15.3. The summed E-state index contributed by atoms with van der Waals surface area (Å²) in [5.74, 6) is -0.511. The number of amides is 2. The lowest BCUT2D eigenvalue weighted by molar-refractivity contribution is 0.0831. The Bertz CT molecular complexity index is 1260. The molecule has 4 rings (SSSR count). The highest BCUT2D eigenvalue weighted by Gasteiger charge is 2.28. The molecule has 9 heteroatoms. The predicted molar refractivity (Wildman–Crippen MR) is 119 cm³/mol. The number of nitrogens with one attached hydrogen (secondary N) is 2. The van der Waals surface area contributed by atoms with Crippen molar-refractivity contribution >= 4 is 32.8 Å². The number of aryl methyl sites for hydroxylation is 1. The van der Waals surface area contributed by atoms with Gasteiger partial charge < -0.3 is 4.42 Å². The first kappa shape index (κ1) is 22.0. The molecule has 0 unspecified atom stereocenters. The molecule has 1 aliphatic heterocycles. The van der Waals surface area contributed by atoms with Crippen molar-refractivity contribution < 1.29 is 22.4 Å². The van der Waals surface area contributed by atoms with Crippen LogP contribution in [0.25, 0.3) is 11.0 Å². The summed E-state index contributed by atoms with van der Waals surface area (Å²) in [6.45, 7) is 4.88. The molecular weight excluding hydrogens is 430 g/mol. The number of furan rings is 1. The zero-order chi connectivity index (χ0) is 22.9. The molecule has 0 radical (unpaired) electrons. The van der Waals surface area contributed by atoms with Crippen LogP contribution in [0.5, 0.6) is 0 Å². The second kappa shape index (κ2) is 8.76. The van der Waals surface area contributed by atoms with E-state index >= 15 is 0 Å². The fourth-order valence-corrected chi connectivity index (χ4v) is 5.26. The van der Waals surface area contributed by atoms with Crippen LogP contribution in [-0.4, -0.2) is 37.6 Å². The van der Waals surface area contributed by atoms with E-state index in [1.165, 1.54) is 28.6 Å². The van der Waals surface area contributed by atoms with E-state index < -0.39 is 21.8 Å². The van der Waals surface area contributed by atoms with Crippen molar-refractivity contribution in [2.24, 2.45) is 5.92 Å². The quantitative estimate of drug-likeness (QED) is 0.587. The topological polar surface area (TPSA) is 109 Å². The number of hydrogen-bond donors (Lipinski definition) is 2. The zero-order valence-corrected chi connectivity index (χ0v) is 18.7. The number of para-hydroxylation sites is 1. The summed E-state index contributed by atoms with van der Waals surface area (Å²) in [6, 6.07) is 12.9. The van der Waals surface area contributed by atoms with Gasteiger partial charge in [0, 0.05) is 29.6 Å². The molecule has 0 bridgehead atoms. The van der Waals surface area contributed by atoms with Gasteiger partial charge in [0.15, 0.2) is 5.76 Å². The molecule has 0 saturated carbocycles. The van der Waals surface area contributed by atoms with Crippen LogP contribution >= 0.6 is 0 Å². The van der Waals surface area contributed by atoms with Crippen molar-refractivity contribution in [3.05, 3.63) is 65.4 Å². The molecular formula is C23H25N3O5S. The largest absolute Gasteiger partial charge is 0.451 e. The van der Waals surface area contributed by atoms with Gasteiger partial charge in [-0.25, -0.2) is 8.42 Å². The van der Waals surface area contributed by atoms with Gasteiger partial charge in [-0.2, -0.15) is 4.31 Å². The number of nitrogens with zero attached hydrogens (tertiary/aromatic N) is 1. The van der Waals surface area contributed by atoms with E-state index in [9.17, 15) is 18.0 Å². The number of carbonyl (C=O) groups excluding carboxylic acids is 2. The Hall–Kier alpha value is -3.17. The van der Waals surface area contributed by atoms with Crippen molar-refractivity contribution in [1.29, 1.82) is 0 Å². The number of piperidine rings is 1. The Kier molecular flexibility index (Phi) is 6.03. The Labute approximate surface area is 186 Å². The van der Waals surface area contributed by atoms with Crippen LogP contribution in [0.15, 0.2) is 57.8 Å². The number of benzene rings is 2. The lowest BCUT2D eigenvalue weighted by Crippen LogP contribution is -2.41. The molecule has 0 aliphatic carbocycles. The molecule has 0 atom stereocenters. The van der Waals surface area contributed by atoms with Gasteiger partial charge in [0.05, 0.1) is 4.90 Å². The Morgan fingerprint density at radius 2 is 1.59 bits per heavy atom. The summed E-state index contributed by atoms with van der Waals surface area (Å²) in [6.07, 6.45) is 1.67. The van der Waals surface area contributed by atoms with Crippen molar-refractivity contribution in [2.75, 3.05) is 13.1 Å². The van der Waals surface area contributed by atoms with Crippen LogP contribution in [0.4, 0.5) is 0 Å². The number of rotatable bonds is 4. The van der Waals surface area contributed by atoms with E-state index in [0.29, 0.717) is 30.2 Å². The van der Waals surface area contributed by atoms with Crippen LogP contribution in [0.2, 0.25) is 0 Å². The van der Waals surface area contributed by atoms with Gasteiger partial charge in [0.25, 0.3) is 5.91 Å². The van der Waals surface area contributed by atoms with E-state index in [0.717, 1.165) is 18.2 Å². The molecule has 1 fully saturated rings. The van der Waals surface area contributed by atoms with E-state index in [1.54, 1.807) is 13.0 Å². The van der Waals surface area contributed by atoms with Gasteiger partial charge in [-0.1, -0.05) is 25.1 Å². The SMILES string of the molecule is Cc1c(C(=O)NNC(=O)c2ccc(S(=O)(=O)N3CCC(C)CC3)cc2)oc2ccccc12. The lowest BCUT2D eigenvalue weighted by atomic mass is 10.0. The van der Waals surface area contributed by atoms with E-state index in [2.05, 4.69) is 17.8 Å². The molecule has 168 valence electrons. The molecule has 0 spiro atoms. The zero-order valence-electron chi connectivity index (χ0n) is 17.9. The van der Waals surface area contributed by atoms with Gasteiger partial charge in [-0.05, 0) is 56.0 Å². The molecule has 2 heterocycles. The van der Waals surface area contributed by atoms with Gasteiger partial charge in [0.2, 0.25) is 10.0 Å². The highest BCUT2D eigenvalue weighted by atomic mass is 32.2. The maximum Gasteiger partial charge on any atom is 0.305 e. The third-order valence-corrected chi connectivity index (χ3v) is 7.75. The summed E-state index contributed by atoms with van der Waals surface area (Å²) in [5, 5.41) is 0.823. The van der Waals surface area contributed by atoms with Crippen LogP contribution in [0.1, 0.15) is 46.2 Å². The molecule has 1 aromatic heterocycles. The standard InChI is InChI=1S/C23H25N3O5S/c1-15-11-13-26(14-12-15)32(29,30)18-9-7-17(8-10-18)22(27)24-25-23(28)21-16(2)19-5-3-4-6-20(19)31-21/h3-10,15H,11-14H2,1-2H3,(H,24,27)(H,25,28). The lowest BCUT2D eigenvalue weighted by Gasteiger charge is -2.29. The van der Waals surface area contributed by atoms with Crippen LogP contribution in [-0.2, 0) is 10.0 Å². The van der Waals surface area contributed by atoms with E-state index in [1.807, 2.05) is 18.2 Å². The summed E-state index contributed by atoms with van der Waals surface area (Å²) >= 11 is 0. The maximum absolute atomic E-state index is 12.8. The average Bonchev–Trinajstić information content (AvgIpc) is 3.14. The molecule has 32 heavy (non-hydrogen) atoms. The molecule has 2 amide bonds. The minimum absolute atomic E-state index is 0.115. The van der Waals surface area contributed by atoms with Gasteiger partial charge in [0.1, 0.15) is 5.58 Å². The Morgan fingerprint density at radius 1 is 0.969 bits per heavy atom. The Morgan fingerprint density at radius 3 is 2.25 bits per heavy atom. The monoisotopic (exact) mass is 455 g/mol. The number of hydrazine groups is 1. The second-order valence-corrected chi connectivity index (χ2v) is 10.0. The maximum atomic E-state index is 12.8. The fourth-order valence-electron chi connectivity index (χ4n) is 3.79. The summed E-state index contributed by atoms with van der Waals surface area (Å²) in [7, 11) is -3.59. The third-order valence-electron chi connectivity index (χ3n) is 5.84. The van der Waals surface area contributed by atoms with E-state index in [-0.39, 0.29) is 16.2 Å². The molecule has 1 saturated heterocycles. The van der Waals surface area contributed by atoms with Gasteiger partial charge in [-0.15, -0.1) is 0 Å². The second-order valence-electron chi connectivity index (χ2n) is 8.07. The number of carbonyl (C=O) groups is 2.